The van der Waals surface area contributed by atoms with Gasteiger partial charge in [-0.25, -0.2) is 0 Å². The highest BCUT2D eigenvalue weighted by molar-refractivity contribution is 5.44. The van der Waals surface area contributed by atoms with Crippen molar-refractivity contribution in [3.63, 3.8) is 0 Å². The quantitative estimate of drug-likeness (QED) is 0.767. The lowest BCUT2D eigenvalue weighted by Gasteiger charge is -2.21. The van der Waals surface area contributed by atoms with Crippen LogP contribution in [-0.4, -0.2) is 25.4 Å². The van der Waals surface area contributed by atoms with Crippen LogP contribution in [0, 0.1) is 0 Å². The molecule has 3 nitrogen and oxygen atoms in total. The van der Waals surface area contributed by atoms with E-state index in [-0.39, 0.29) is 0 Å². The van der Waals surface area contributed by atoms with Crippen LogP contribution in [0.3, 0.4) is 0 Å². The molecule has 2 heterocycles. The van der Waals surface area contributed by atoms with Gasteiger partial charge in [-0.2, -0.15) is 0 Å². The Bertz CT molecular complexity index is 430. The summed E-state index contributed by atoms with van der Waals surface area (Å²) in [5, 5.41) is 0. The van der Waals surface area contributed by atoms with E-state index < -0.39 is 0 Å². The zero-order valence-corrected chi connectivity index (χ0v) is 11.0. The summed E-state index contributed by atoms with van der Waals surface area (Å²) in [6, 6.07) is 6.33. The molecule has 0 aliphatic carbocycles. The highest BCUT2D eigenvalue weighted by atomic mass is 16.6. The average molecular weight is 248 g/mol. The highest BCUT2D eigenvalue weighted by Crippen LogP contribution is 2.38. The molecule has 98 valence electrons. The third kappa shape index (κ3) is 2.32. The van der Waals surface area contributed by atoms with Gasteiger partial charge in [0, 0.05) is 0 Å². The normalized spacial score (nSPS) is 26.8. The summed E-state index contributed by atoms with van der Waals surface area (Å²) >= 11 is 0. The molecule has 0 amide bonds. The minimum atomic E-state index is 0.441. The first-order valence-electron chi connectivity index (χ1n) is 6.83. The van der Waals surface area contributed by atoms with E-state index in [9.17, 15) is 0 Å². The topological polar surface area (TPSA) is 31.0 Å². The highest BCUT2D eigenvalue weighted by Gasteiger charge is 2.36. The first-order valence-corrected chi connectivity index (χ1v) is 6.83. The second kappa shape index (κ2) is 4.81. The van der Waals surface area contributed by atoms with Gasteiger partial charge >= 0.3 is 0 Å². The fourth-order valence-corrected chi connectivity index (χ4v) is 2.61. The Balaban J connectivity index is 1.77. The maximum atomic E-state index is 5.64. The Morgan fingerprint density at radius 2 is 1.94 bits per heavy atom. The molecule has 3 rings (SSSR count). The van der Waals surface area contributed by atoms with Gasteiger partial charge in [0.2, 0.25) is 0 Å². The van der Waals surface area contributed by atoms with E-state index in [0.29, 0.717) is 31.3 Å². The van der Waals surface area contributed by atoms with Crippen LogP contribution in [0.2, 0.25) is 0 Å². The fraction of sp³-hybridized carbons (Fsp3) is 0.600. The predicted octanol–water partition coefficient (Wildman–Crippen LogP) is 3.13. The Morgan fingerprint density at radius 3 is 2.61 bits per heavy atom. The Morgan fingerprint density at radius 1 is 1.22 bits per heavy atom. The Kier molecular flexibility index (Phi) is 3.16. The summed E-state index contributed by atoms with van der Waals surface area (Å²) in [4.78, 5) is 0. The van der Waals surface area contributed by atoms with Crippen molar-refractivity contribution in [1.82, 2.24) is 0 Å². The molecule has 3 unspecified atom stereocenters. The van der Waals surface area contributed by atoms with Crippen molar-refractivity contribution in [2.24, 2.45) is 0 Å². The van der Waals surface area contributed by atoms with Crippen molar-refractivity contribution in [2.75, 3.05) is 13.2 Å². The largest absolute Gasteiger partial charge is 0.486 e. The predicted molar refractivity (Wildman–Crippen MR) is 69.4 cm³/mol. The van der Waals surface area contributed by atoms with Crippen LogP contribution in [-0.2, 0) is 4.74 Å². The van der Waals surface area contributed by atoms with Crippen LogP contribution < -0.4 is 9.47 Å². The lowest BCUT2D eigenvalue weighted by atomic mass is 9.91. The molecule has 2 aliphatic heterocycles. The number of rotatable bonds is 4. The third-order valence-electron chi connectivity index (χ3n) is 3.88. The number of hydrogen-bond donors (Lipinski definition) is 0. The van der Waals surface area contributed by atoms with E-state index in [4.69, 9.17) is 14.2 Å². The van der Waals surface area contributed by atoms with E-state index in [2.05, 4.69) is 26.0 Å². The minimum absolute atomic E-state index is 0.441. The second-order valence-corrected chi connectivity index (χ2v) is 5.12. The minimum Gasteiger partial charge on any atom is -0.486 e. The van der Waals surface area contributed by atoms with E-state index in [1.165, 1.54) is 5.56 Å². The van der Waals surface area contributed by atoms with E-state index >= 15 is 0 Å². The molecule has 0 aromatic heterocycles. The molecule has 2 aliphatic rings. The van der Waals surface area contributed by atoms with Crippen LogP contribution in [0.15, 0.2) is 18.2 Å². The molecule has 0 spiro atoms. The molecular weight excluding hydrogens is 228 g/mol. The van der Waals surface area contributed by atoms with E-state index in [0.717, 1.165) is 24.3 Å². The zero-order chi connectivity index (χ0) is 12.5. The van der Waals surface area contributed by atoms with Crippen molar-refractivity contribution in [2.45, 2.75) is 44.8 Å². The molecule has 1 fully saturated rings. The zero-order valence-electron chi connectivity index (χ0n) is 11.0. The van der Waals surface area contributed by atoms with Crippen LogP contribution in [0.4, 0.5) is 0 Å². The van der Waals surface area contributed by atoms with Gasteiger partial charge < -0.3 is 14.2 Å². The monoisotopic (exact) mass is 248 g/mol. The second-order valence-electron chi connectivity index (χ2n) is 5.12. The van der Waals surface area contributed by atoms with Crippen molar-refractivity contribution < 1.29 is 14.2 Å². The van der Waals surface area contributed by atoms with Gasteiger partial charge in [0.05, 0.1) is 12.2 Å². The van der Waals surface area contributed by atoms with E-state index in [1.54, 1.807) is 0 Å². The lowest BCUT2D eigenvalue weighted by molar-refractivity contribution is 0.171. The maximum absolute atomic E-state index is 5.64. The van der Waals surface area contributed by atoms with Crippen LogP contribution >= 0.6 is 0 Å². The summed E-state index contributed by atoms with van der Waals surface area (Å²) in [5.41, 5.74) is 1.34. The van der Waals surface area contributed by atoms with Gasteiger partial charge in [-0.3, -0.25) is 0 Å². The van der Waals surface area contributed by atoms with Crippen molar-refractivity contribution in [3.05, 3.63) is 23.8 Å². The summed E-state index contributed by atoms with van der Waals surface area (Å²) in [6.07, 6.45) is 3.13. The number of fused-ring (bicyclic) bond motifs is 1. The lowest BCUT2D eigenvalue weighted by Crippen LogP contribution is -2.15. The Hall–Kier alpha value is -1.22. The first-order chi connectivity index (χ1) is 8.78. The van der Waals surface area contributed by atoms with Crippen LogP contribution in [0.1, 0.15) is 38.2 Å². The maximum Gasteiger partial charge on any atom is 0.161 e. The first kappa shape index (κ1) is 11.8. The summed E-state index contributed by atoms with van der Waals surface area (Å²) in [6.45, 7) is 5.67. The number of hydrogen-bond acceptors (Lipinski definition) is 3. The van der Waals surface area contributed by atoms with Crippen molar-refractivity contribution >= 4 is 0 Å². The summed E-state index contributed by atoms with van der Waals surface area (Å²) < 4.78 is 16.7. The molecule has 0 bridgehead atoms. The Labute approximate surface area is 108 Å². The molecule has 0 saturated carbocycles. The molecule has 1 aromatic carbocycles. The van der Waals surface area contributed by atoms with Gasteiger partial charge in [-0.05, 0) is 43.4 Å². The summed E-state index contributed by atoms with van der Waals surface area (Å²) in [7, 11) is 0. The molecule has 0 radical (unpaired) electrons. The molecule has 3 atom stereocenters. The number of benzene rings is 1. The third-order valence-corrected chi connectivity index (χ3v) is 3.88. The van der Waals surface area contributed by atoms with Crippen molar-refractivity contribution in [1.29, 1.82) is 0 Å². The average Bonchev–Trinajstić information content (AvgIpc) is 3.11. The number of ether oxygens (including phenoxy) is 3. The molecule has 3 heteroatoms. The smallest absolute Gasteiger partial charge is 0.161 e. The SMILES string of the molecule is CCC(CC1OC1C)c1ccc2c(c1)OCCO2. The van der Waals surface area contributed by atoms with E-state index in [1.807, 2.05) is 6.07 Å². The summed E-state index contributed by atoms with van der Waals surface area (Å²) in [5.74, 6) is 2.31. The van der Waals surface area contributed by atoms with Gasteiger partial charge in [-0.15, -0.1) is 0 Å². The fourth-order valence-electron chi connectivity index (χ4n) is 2.61. The van der Waals surface area contributed by atoms with Crippen LogP contribution in [0.5, 0.6) is 11.5 Å². The van der Waals surface area contributed by atoms with Crippen LogP contribution in [0.25, 0.3) is 0 Å². The number of epoxide rings is 1. The molecule has 0 N–H and O–H groups in total. The van der Waals surface area contributed by atoms with Gasteiger partial charge in [-0.1, -0.05) is 13.0 Å². The van der Waals surface area contributed by atoms with Gasteiger partial charge in [0.15, 0.2) is 11.5 Å². The standard InChI is InChI=1S/C15H20O3/c1-3-11(8-14-10(2)18-14)12-4-5-13-15(9-12)17-7-6-16-13/h4-5,9-11,14H,3,6-8H2,1-2H3. The van der Waals surface area contributed by atoms with Gasteiger partial charge in [0.25, 0.3) is 0 Å². The van der Waals surface area contributed by atoms with Crippen molar-refractivity contribution in [3.8, 4) is 11.5 Å². The molecular formula is C15H20O3. The van der Waals surface area contributed by atoms with Gasteiger partial charge in [0.1, 0.15) is 13.2 Å². The molecule has 1 saturated heterocycles. The molecule has 1 aromatic rings. The molecule has 18 heavy (non-hydrogen) atoms.